The van der Waals surface area contributed by atoms with E-state index in [9.17, 15) is 5.11 Å². The van der Waals surface area contributed by atoms with Crippen LogP contribution < -0.4 is 5.73 Å². The molecule has 2 heteroatoms. The first-order valence-electron chi connectivity index (χ1n) is 6.99. The molecule has 2 aromatic carbocycles. The zero-order valence-electron chi connectivity index (χ0n) is 12.4. The van der Waals surface area contributed by atoms with E-state index in [1.807, 2.05) is 24.3 Å². The van der Waals surface area contributed by atoms with E-state index in [1.165, 1.54) is 5.56 Å². The molecule has 0 fully saturated rings. The van der Waals surface area contributed by atoms with Crippen molar-refractivity contribution in [1.29, 1.82) is 0 Å². The van der Waals surface area contributed by atoms with E-state index in [2.05, 4.69) is 45.0 Å². The average molecular weight is 269 g/mol. The SMILES string of the molecule is CC(C)(C)c1ccc(CC(O)c2cccc(N)c2)cc1. The molecule has 2 rings (SSSR count). The highest BCUT2D eigenvalue weighted by molar-refractivity contribution is 5.41. The summed E-state index contributed by atoms with van der Waals surface area (Å²) in [5, 5.41) is 10.3. The Kier molecular flexibility index (Phi) is 4.15. The summed E-state index contributed by atoms with van der Waals surface area (Å²) >= 11 is 0. The van der Waals surface area contributed by atoms with Gasteiger partial charge < -0.3 is 10.8 Å². The first kappa shape index (κ1) is 14.6. The van der Waals surface area contributed by atoms with Crippen LogP contribution in [-0.4, -0.2) is 5.11 Å². The fourth-order valence-electron chi connectivity index (χ4n) is 2.25. The van der Waals surface area contributed by atoms with Gasteiger partial charge in [0.2, 0.25) is 0 Å². The average Bonchev–Trinajstić information content (AvgIpc) is 2.38. The molecular formula is C18H23NO. The van der Waals surface area contributed by atoms with Crippen LogP contribution in [0.2, 0.25) is 0 Å². The van der Waals surface area contributed by atoms with E-state index >= 15 is 0 Å². The Morgan fingerprint density at radius 1 is 1.05 bits per heavy atom. The van der Waals surface area contributed by atoms with Gasteiger partial charge in [-0.3, -0.25) is 0 Å². The van der Waals surface area contributed by atoms with Gasteiger partial charge in [-0.2, -0.15) is 0 Å². The van der Waals surface area contributed by atoms with Gasteiger partial charge >= 0.3 is 0 Å². The van der Waals surface area contributed by atoms with E-state index < -0.39 is 6.10 Å². The molecule has 0 radical (unpaired) electrons. The van der Waals surface area contributed by atoms with Crippen molar-refractivity contribution in [3.63, 3.8) is 0 Å². The number of anilines is 1. The number of hydrogen-bond acceptors (Lipinski definition) is 2. The standard InChI is InChI=1S/C18H23NO/c1-18(2,3)15-9-7-13(8-10-15)11-17(20)14-5-4-6-16(19)12-14/h4-10,12,17,20H,11,19H2,1-3H3. The van der Waals surface area contributed by atoms with Crippen molar-refractivity contribution in [2.45, 2.75) is 38.7 Å². The zero-order valence-corrected chi connectivity index (χ0v) is 12.4. The maximum absolute atomic E-state index is 10.3. The lowest BCUT2D eigenvalue weighted by atomic mass is 9.86. The van der Waals surface area contributed by atoms with Crippen molar-refractivity contribution in [2.75, 3.05) is 5.73 Å². The number of aliphatic hydroxyl groups is 1. The first-order chi connectivity index (χ1) is 9.36. The largest absolute Gasteiger partial charge is 0.399 e. The Balaban J connectivity index is 2.10. The molecule has 0 aliphatic rings. The van der Waals surface area contributed by atoms with E-state index in [-0.39, 0.29) is 5.41 Å². The summed E-state index contributed by atoms with van der Waals surface area (Å²) < 4.78 is 0. The van der Waals surface area contributed by atoms with Gasteiger partial charge in [-0.25, -0.2) is 0 Å². The third kappa shape index (κ3) is 3.61. The van der Waals surface area contributed by atoms with Gasteiger partial charge in [0.15, 0.2) is 0 Å². The minimum Gasteiger partial charge on any atom is -0.399 e. The Morgan fingerprint density at radius 2 is 1.70 bits per heavy atom. The lowest BCUT2D eigenvalue weighted by Crippen LogP contribution is -2.11. The third-order valence-corrected chi connectivity index (χ3v) is 3.54. The smallest absolute Gasteiger partial charge is 0.0831 e. The Bertz CT molecular complexity index is 567. The van der Waals surface area contributed by atoms with E-state index in [0.717, 1.165) is 11.1 Å². The summed E-state index contributed by atoms with van der Waals surface area (Å²) in [6.45, 7) is 6.59. The fourth-order valence-corrected chi connectivity index (χ4v) is 2.25. The highest BCUT2D eigenvalue weighted by Crippen LogP contribution is 2.24. The molecule has 2 nitrogen and oxygen atoms in total. The Morgan fingerprint density at radius 3 is 2.25 bits per heavy atom. The van der Waals surface area contributed by atoms with Crippen molar-refractivity contribution >= 4 is 5.69 Å². The normalized spacial score (nSPS) is 13.2. The number of nitrogen functional groups attached to an aromatic ring is 1. The highest BCUT2D eigenvalue weighted by atomic mass is 16.3. The molecule has 2 aromatic rings. The predicted octanol–water partition coefficient (Wildman–Crippen LogP) is 3.84. The van der Waals surface area contributed by atoms with Crippen molar-refractivity contribution < 1.29 is 5.11 Å². The molecule has 0 aliphatic heterocycles. The van der Waals surface area contributed by atoms with Gasteiger partial charge in [0.1, 0.15) is 0 Å². The summed E-state index contributed by atoms with van der Waals surface area (Å²) in [7, 11) is 0. The predicted molar refractivity (Wildman–Crippen MR) is 84.7 cm³/mol. The van der Waals surface area contributed by atoms with Crippen molar-refractivity contribution in [3.05, 3.63) is 65.2 Å². The molecule has 0 amide bonds. The molecule has 0 saturated carbocycles. The van der Waals surface area contributed by atoms with Crippen LogP contribution in [0.1, 0.15) is 43.6 Å². The molecule has 0 aliphatic carbocycles. The van der Waals surface area contributed by atoms with Crippen LogP contribution in [0, 0.1) is 0 Å². The van der Waals surface area contributed by atoms with Crippen LogP contribution in [-0.2, 0) is 11.8 Å². The summed E-state index contributed by atoms with van der Waals surface area (Å²) in [5.74, 6) is 0. The third-order valence-electron chi connectivity index (χ3n) is 3.54. The lowest BCUT2D eigenvalue weighted by molar-refractivity contribution is 0.178. The summed E-state index contributed by atoms with van der Waals surface area (Å²) in [6.07, 6.45) is 0.0902. The van der Waals surface area contributed by atoms with E-state index in [1.54, 1.807) is 0 Å². The summed E-state index contributed by atoms with van der Waals surface area (Å²) in [4.78, 5) is 0. The van der Waals surface area contributed by atoms with Gasteiger partial charge in [-0.05, 0) is 34.2 Å². The molecule has 0 bridgehead atoms. The monoisotopic (exact) mass is 269 g/mol. The van der Waals surface area contributed by atoms with Gasteiger partial charge in [-0.1, -0.05) is 57.2 Å². The second-order valence-electron chi connectivity index (χ2n) is 6.34. The molecule has 3 N–H and O–H groups in total. The topological polar surface area (TPSA) is 46.2 Å². The van der Waals surface area contributed by atoms with Crippen LogP contribution in [0.25, 0.3) is 0 Å². The molecular weight excluding hydrogens is 246 g/mol. The maximum Gasteiger partial charge on any atom is 0.0831 e. The second-order valence-corrected chi connectivity index (χ2v) is 6.34. The van der Waals surface area contributed by atoms with Crippen LogP contribution in [0.3, 0.4) is 0 Å². The van der Waals surface area contributed by atoms with E-state index in [0.29, 0.717) is 12.1 Å². The Hall–Kier alpha value is -1.80. The minimum absolute atomic E-state index is 0.158. The molecule has 0 aromatic heterocycles. The van der Waals surface area contributed by atoms with Gasteiger partial charge in [0, 0.05) is 12.1 Å². The quantitative estimate of drug-likeness (QED) is 0.832. The number of nitrogens with two attached hydrogens (primary N) is 1. The lowest BCUT2D eigenvalue weighted by Gasteiger charge is -2.19. The van der Waals surface area contributed by atoms with Crippen molar-refractivity contribution in [1.82, 2.24) is 0 Å². The van der Waals surface area contributed by atoms with Crippen LogP contribution in [0.4, 0.5) is 5.69 Å². The zero-order chi connectivity index (χ0) is 14.8. The molecule has 1 atom stereocenters. The maximum atomic E-state index is 10.3. The molecule has 1 unspecified atom stereocenters. The van der Waals surface area contributed by atoms with Gasteiger partial charge in [-0.15, -0.1) is 0 Å². The highest BCUT2D eigenvalue weighted by Gasteiger charge is 2.14. The van der Waals surface area contributed by atoms with Crippen LogP contribution in [0.5, 0.6) is 0 Å². The summed E-state index contributed by atoms with van der Waals surface area (Å²) in [5.41, 5.74) is 9.89. The Labute approximate surface area is 121 Å². The van der Waals surface area contributed by atoms with E-state index in [4.69, 9.17) is 5.73 Å². The fraction of sp³-hybridized carbons (Fsp3) is 0.333. The molecule has 0 saturated heterocycles. The van der Waals surface area contributed by atoms with Crippen LogP contribution in [0.15, 0.2) is 48.5 Å². The van der Waals surface area contributed by atoms with Crippen LogP contribution >= 0.6 is 0 Å². The van der Waals surface area contributed by atoms with Crippen molar-refractivity contribution in [2.24, 2.45) is 0 Å². The first-order valence-corrected chi connectivity index (χ1v) is 6.99. The van der Waals surface area contributed by atoms with Gasteiger partial charge in [0.25, 0.3) is 0 Å². The number of hydrogen-bond donors (Lipinski definition) is 2. The molecule has 0 spiro atoms. The second kappa shape index (κ2) is 5.68. The molecule has 0 heterocycles. The van der Waals surface area contributed by atoms with Crippen molar-refractivity contribution in [3.8, 4) is 0 Å². The minimum atomic E-state index is -0.515. The summed E-state index contributed by atoms with van der Waals surface area (Å²) in [6, 6.07) is 15.9. The number of benzene rings is 2. The number of rotatable bonds is 3. The molecule has 106 valence electrons. The number of aliphatic hydroxyl groups excluding tert-OH is 1. The van der Waals surface area contributed by atoms with Gasteiger partial charge in [0.05, 0.1) is 6.10 Å². The molecule has 20 heavy (non-hydrogen) atoms.